The largest absolute Gasteiger partial charge is 0.462 e. The normalized spacial score (nSPS) is 15.6. The van der Waals surface area contributed by atoms with E-state index in [2.05, 4.69) is 15.2 Å². The summed E-state index contributed by atoms with van der Waals surface area (Å²) in [7, 11) is 0. The van der Waals surface area contributed by atoms with Crippen LogP contribution in [0, 0.1) is 13.8 Å². The molecule has 7 nitrogen and oxygen atoms in total. The van der Waals surface area contributed by atoms with Gasteiger partial charge >= 0.3 is 5.97 Å². The van der Waals surface area contributed by atoms with Crippen molar-refractivity contribution in [3.63, 3.8) is 0 Å². The minimum Gasteiger partial charge on any atom is -0.462 e. The molecular formula is C22H28ClN3O4. The quantitative estimate of drug-likeness (QED) is 0.655. The second kappa shape index (κ2) is 10.1. The molecule has 8 heteroatoms. The number of amides is 1. The molecule has 2 N–H and O–H groups in total. The van der Waals surface area contributed by atoms with Gasteiger partial charge in [-0.2, -0.15) is 0 Å². The molecule has 1 amide bonds. The lowest BCUT2D eigenvalue weighted by Crippen LogP contribution is -2.44. The minimum absolute atomic E-state index is 0.0764. The smallest absolute Gasteiger partial charge is 0.340 e. The van der Waals surface area contributed by atoms with E-state index in [4.69, 9.17) is 21.1 Å². The number of benzene rings is 1. The number of hydrogen-bond acceptors (Lipinski definition) is 5. The van der Waals surface area contributed by atoms with Gasteiger partial charge < -0.3 is 19.8 Å². The summed E-state index contributed by atoms with van der Waals surface area (Å²) in [5.41, 5.74) is 2.96. The van der Waals surface area contributed by atoms with E-state index in [1.165, 1.54) is 0 Å². The second-order valence-corrected chi connectivity index (χ2v) is 7.65. The molecule has 30 heavy (non-hydrogen) atoms. The number of aromatic amines is 1. The van der Waals surface area contributed by atoms with E-state index < -0.39 is 5.97 Å². The number of H-pyrrole nitrogens is 1. The third-order valence-electron chi connectivity index (χ3n) is 5.35. The van der Waals surface area contributed by atoms with Crippen molar-refractivity contribution in [3.8, 4) is 0 Å². The Morgan fingerprint density at radius 2 is 1.97 bits per heavy atom. The third-order valence-corrected chi connectivity index (χ3v) is 5.69. The number of rotatable bonds is 7. The molecule has 0 saturated carbocycles. The molecular weight excluding hydrogens is 406 g/mol. The number of aromatic nitrogens is 1. The fourth-order valence-corrected chi connectivity index (χ4v) is 4.10. The number of aryl methyl sites for hydroxylation is 1. The number of carbonyl (C=O) groups is 2. The van der Waals surface area contributed by atoms with Crippen LogP contribution in [0.3, 0.4) is 0 Å². The summed E-state index contributed by atoms with van der Waals surface area (Å²) in [6, 6.07) is 7.60. The van der Waals surface area contributed by atoms with Gasteiger partial charge in [-0.25, -0.2) is 4.79 Å². The zero-order valence-corrected chi connectivity index (χ0v) is 18.3. The second-order valence-electron chi connectivity index (χ2n) is 7.24. The summed E-state index contributed by atoms with van der Waals surface area (Å²) in [6.45, 7) is 8.74. The Balaban J connectivity index is 1.79. The van der Waals surface area contributed by atoms with Gasteiger partial charge in [0.2, 0.25) is 0 Å². The highest BCUT2D eigenvalue weighted by Crippen LogP contribution is 2.28. The van der Waals surface area contributed by atoms with Crippen LogP contribution in [0.5, 0.6) is 0 Å². The summed E-state index contributed by atoms with van der Waals surface area (Å²) < 4.78 is 10.6. The van der Waals surface area contributed by atoms with Crippen LogP contribution in [0.2, 0.25) is 5.02 Å². The molecule has 1 fully saturated rings. The predicted molar refractivity (Wildman–Crippen MR) is 115 cm³/mol. The molecule has 2 aromatic rings. The zero-order valence-electron chi connectivity index (χ0n) is 17.6. The van der Waals surface area contributed by atoms with Gasteiger partial charge in [-0.1, -0.05) is 29.8 Å². The van der Waals surface area contributed by atoms with Crippen LogP contribution in [0.1, 0.15) is 50.6 Å². The standard InChI is InChI=1S/C22H28ClN3O4/c1-4-30-22(28)19-14(2)20(25-15(19)3)21(27)24-13-18(26-9-11-29-12-10-26)16-7-5-6-8-17(16)23/h5-8,18,25H,4,9-13H2,1-3H3,(H,24,27). The van der Waals surface area contributed by atoms with Gasteiger partial charge in [0, 0.05) is 30.4 Å². The van der Waals surface area contributed by atoms with Gasteiger partial charge in [-0.15, -0.1) is 0 Å². The fraction of sp³-hybridized carbons (Fsp3) is 0.455. The Labute approximate surface area is 181 Å². The number of ether oxygens (including phenoxy) is 2. The van der Waals surface area contributed by atoms with Crippen LogP contribution in [0.25, 0.3) is 0 Å². The lowest BCUT2D eigenvalue weighted by molar-refractivity contribution is 0.0162. The molecule has 2 heterocycles. The molecule has 1 aromatic heterocycles. The van der Waals surface area contributed by atoms with Crippen molar-refractivity contribution in [1.82, 2.24) is 15.2 Å². The molecule has 0 bridgehead atoms. The van der Waals surface area contributed by atoms with E-state index in [0.717, 1.165) is 18.7 Å². The van der Waals surface area contributed by atoms with E-state index >= 15 is 0 Å². The molecule has 3 rings (SSSR count). The highest BCUT2D eigenvalue weighted by molar-refractivity contribution is 6.31. The summed E-state index contributed by atoms with van der Waals surface area (Å²) in [5, 5.41) is 3.68. The van der Waals surface area contributed by atoms with E-state index in [1.54, 1.807) is 20.8 Å². The van der Waals surface area contributed by atoms with Crippen molar-refractivity contribution < 1.29 is 19.1 Å². The Morgan fingerprint density at radius 3 is 2.63 bits per heavy atom. The van der Waals surface area contributed by atoms with Crippen molar-refractivity contribution in [1.29, 1.82) is 0 Å². The highest BCUT2D eigenvalue weighted by atomic mass is 35.5. The van der Waals surface area contributed by atoms with Crippen LogP contribution < -0.4 is 5.32 Å². The summed E-state index contributed by atoms with van der Waals surface area (Å²) >= 11 is 6.46. The first-order valence-electron chi connectivity index (χ1n) is 10.1. The topological polar surface area (TPSA) is 83.7 Å². The van der Waals surface area contributed by atoms with Gasteiger partial charge in [0.1, 0.15) is 5.69 Å². The summed E-state index contributed by atoms with van der Waals surface area (Å²) in [5.74, 6) is -0.693. The Bertz CT molecular complexity index is 906. The third kappa shape index (κ3) is 4.86. The number of nitrogens with zero attached hydrogens (tertiary/aromatic N) is 1. The van der Waals surface area contributed by atoms with Crippen LogP contribution in [-0.4, -0.2) is 61.2 Å². The highest BCUT2D eigenvalue weighted by Gasteiger charge is 2.27. The molecule has 1 unspecified atom stereocenters. The lowest BCUT2D eigenvalue weighted by Gasteiger charge is -2.35. The van der Waals surface area contributed by atoms with Gasteiger partial charge in [0.15, 0.2) is 0 Å². The Morgan fingerprint density at radius 1 is 1.27 bits per heavy atom. The fourth-order valence-electron chi connectivity index (χ4n) is 3.83. The molecule has 0 spiro atoms. The number of halogens is 1. The predicted octanol–water partition coefficient (Wildman–Crippen LogP) is 3.26. The van der Waals surface area contributed by atoms with Gasteiger partial charge in [-0.05, 0) is 38.0 Å². The monoisotopic (exact) mass is 433 g/mol. The lowest BCUT2D eigenvalue weighted by atomic mass is 10.0. The van der Waals surface area contributed by atoms with Crippen molar-refractivity contribution in [2.45, 2.75) is 26.8 Å². The summed E-state index contributed by atoms with van der Waals surface area (Å²) in [6.07, 6.45) is 0. The van der Waals surface area contributed by atoms with Crippen LogP contribution in [0.4, 0.5) is 0 Å². The number of nitrogens with one attached hydrogen (secondary N) is 2. The molecule has 1 aromatic carbocycles. The average Bonchev–Trinajstić information content (AvgIpc) is 3.04. The SMILES string of the molecule is CCOC(=O)c1c(C)[nH]c(C(=O)NCC(c2ccccc2Cl)N2CCOCC2)c1C. The van der Waals surface area contributed by atoms with Crippen LogP contribution in [0.15, 0.2) is 24.3 Å². The first-order valence-corrected chi connectivity index (χ1v) is 10.5. The van der Waals surface area contributed by atoms with Crippen molar-refractivity contribution in [2.75, 3.05) is 39.5 Å². The van der Waals surface area contributed by atoms with Crippen molar-refractivity contribution in [3.05, 3.63) is 57.4 Å². The average molecular weight is 434 g/mol. The van der Waals surface area contributed by atoms with Gasteiger partial charge in [-0.3, -0.25) is 9.69 Å². The summed E-state index contributed by atoms with van der Waals surface area (Å²) in [4.78, 5) is 30.5. The molecule has 1 saturated heterocycles. The minimum atomic E-state index is -0.426. The van der Waals surface area contributed by atoms with E-state index in [1.807, 2.05) is 24.3 Å². The molecule has 1 atom stereocenters. The van der Waals surface area contributed by atoms with Crippen molar-refractivity contribution in [2.24, 2.45) is 0 Å². The van der Waals surface area contributed by atoms with Gasteiger partial charge in [0.05, 0.1) is 31.4 Å². The Hall–Kier alpha value is -2.35. The number of hydrogen-bond donors (Lipinski definition) is 2. The first kappa shape index (κ1) is 22.3. The van der Waals surface area contributed by atoms with E-state index in [9.17, 15) is 9.59 Å². The molecule has 162 valence electrons. The number of carbonyl (C=O) groups excluding carboxylic acids is 2. The molecule has 0 radical (unpaired) electrons. The maximum atomic E-state index is 12.9. The zero-order chi connectivity index (χ0) is 21.7. The van der Waals surface area contributed by atoms with Crippen LogP contribution in [-0.2, 0) is 9.47 Å². The van der Waals surface area contributed by atoms with Crippen LogP contribution >= 0.6 is 11.6 Å². The van der Waals surface area contributed by atoms with E-state index in [-0.39, 0.29) is 18.6 Å². The Kier molecular flexibility index (Phi) is 7.53. The molecule has 1 aliphatic heterocycles. The maximum Gasteiger partial charge on any atom is 0.340 e. The first-order chi connectivity index (χ1) is 14.4. The van der Waals surface area contributed by atoms with Crippen molar-refractivity contribution >= 4 is 23.5 Å². The van der Waals surface area contributed by atoms with Gasteiger partial charge in [0.25, 0.3) is 5.91 Å². The molecule has 1 aliphatic rings. The number of morpholine rings is 1. The molecule has 0 aliphatic carbocycles. The van der Waals surface area contributed by atoms with E-state index in [0.29, 0.717) is 47.3 Å². The maximum absolute atomic E-state index is 12.9. The number of esters is 1.